The van der Waals surface area contributed by atoms with E-state index in [1.165, 1.54) is 38.5 Å². The smallest absolute Gasteiger partial charge is 0.317 e. The summed E-state index contributed by atoms with van der Waals surface area (Å²) in [5.74, 6) is 0.751. The Balaban J connectivity index is 1.82. The molecule has 116 valence electrons. The molecule has 2 fully saturated rings. The molecule has 1 saturated heterocycles. The van der Waals surface area contributed by atoms with Crippen LogP contribution in [0.15, 0.2) is 0 Å². The lowest BCUT2D eigenvalue weighted by atomic mass is 9.83. The van der Waals surface area contributed by atoms with Crippen molar-refractivity contribution in [3.63, 3.8) is 0 Å². The molecule has 1 aliphatic carbocycles. The maximum Gasteiger partial charge on any atom is 0.317 e. The number of piperidine rings is 1. The van der Waals surface area contributed by atoms with Crippen LogP contribution in [0.5, 0.6) is 0 Å². The van der Waals surface area contributed by atoms with Gasteiger partial charge in [-0.3, -0.25) is 0 Å². The summed E-state index contributed by atoms with van der Waals surface area (Å²) in [5.41, 5.74) is 6.10. The maximum absolute atomic E-state index is 12.3. The summed E-state index contributed by atoms with van der Waals surface area (Å²) in [5, 5.41) is 3.20. The Morgan fingerprint density at radius 1 is 1.15 bits per heavy atom. The molecule has 3 N–H and O–H groups in total. The molecule has 4 nitrogen and oxygen atoms in total. The second-order valence-corrected chi connectivity index (χ2v) is 6.70. The monoisotopic (exact) mass is 281 g/mol. The van der Waals surface area contributed by atoms with Gasteiger partial charge in [0.1, 0.15) is 0 Å². The molecular weight excluding hydrogens is 250 g/mol. The third kappa shape index (κ3) is 4.65. The molecule has 20 heavy (non-hydrogen) atoms. The zero-order valence-corrected chi connectivity index (χ0v) is 12.9. The van der Waals surface area contributed by atoms with Crippen molar-refractivity contribution in [3.8, 4) is 0 Å². The quantitative estimate of drug-likeness (QED) is 0.832. The standard InChI is InChI=1S/C16H31N3O/c1-13(17)15(12-14-8-4-2-5-9-14)18-16(20)19-10-6-3-7-11-19/h13-15H,2-12,17H2,1H3,(H,18,20)/t13-,15-/m1/s1. The second kappa shape index (κ2) is 7.87. The zero-order chi connectivity index (χ0) is 14.4. The minimum Gasteiger partial charge on any atom is -0.334 e. The fraction of sp³-hybridized carbons (Fsp3) is 0.938. The molecule has 2 aliphatic rings. The van der Waals surface area contributed by atoms with Crippen molar-refractivity contribution >= 4 is 6.03 Å². The lowest BCUT2D eigenvalue weighted by Gasteiger charge is -2.33. The molecule has 0 spiro atoms. The predicted molar refractivity (Wildman–Crippen MR) is 82.6 cm³/mol. The molecule has 0 aromatic rings. The summed E-state index contributed by atoms with van der Waals surface area (Å²) in [7, 11) is 0. The molecule has 1 aliphatic heterocycles. The number of amides is 2. The fourth-order valence-corrected chi connectivity index (χ4v) is 3.53. The van der Waals surface area contributed by atoms with E-state index in [-0.39, 0.29) is 18.1 Å². The molecule has 0 bridgehead atoms. The first kappa shape index (κ1) is 15.6. The van der Waals surface area contributed by atoms with E-state index >= 15 is 0 Å². The largest absolute Gasteiger partial charge is 0.334 e. The van der Waals surface area contributed by atoms with Crippen molar-refractivity contribution in [1.29, 1.82) is 0 Å². The maximum atomic E-state index is 12.3. The van der Waals surface area contributed by atoms with Gasteiger partial charge in [-0.15, -0.1) is 0 Å². The van der Waals surface area contributed by atoms with Gasteiger partial charge in [0, 0.05) is 25.2 Å². The fourth-order valence-electron chi connectivity index (χ4n) is 3.53. The average Bonchev–Trinajstić information content (AvgIpc) is 2.48. The highest BCUT2D eigenvalue weighted by Gasteiger charge is 2.25. The number of carbonyl (C=O) groups is 1. The van der Waals surface area contributed by atoms with E-state index in [0.717, 1.165) is 38.3 Å². The van der Waals surface area contributed by atoms with Crippen LogP contribution in [0, 0.1) is 5.92 Å². The van der Waals surface area contributed by atoms with Crippen molar-refractivity contribution in [2.24, 2.45) is 11.7 Å². The topological polar surface area (TPSA) is 58.4 Å². The van der Waals surface area contributed by atoms with Gasteiger partial charge in [-0.1, -0.05) is 32.1 Å². The summed E-state index contributed by atoms with van der Waals surface area (Å²) in [6.07, 6.45) is 11.3. The molecule has 1 heterocycles. The van der Waals surface area contributed by atoms with E-state index in [9.17, 15) is 4.79 Å². The van der Waals surface area contributed by atoms with Gasteiger partial charge in [0.25, 0.3) is 0 Å². The third-order valence-electron chi connectivity index (χ3n) is 4.90. The Hall–Kier alpha value is -0.770. The Kier molecular flexibility index (Phi) is 6.14. The summed E-state index contributed by atoms with van der Waals surface area (Å²) < 4.78 is 0. The summed E-state index contributed by atoms with van der Waals surface area (Å²) >= 11 is 0. The molecule has 0 radical (unpaired) electrons. The van der Waals surface area contributed by atoms with E-state index in [4.69, 9.17) is 5.73 Å². The van der Waals surface area contributed by atoms with Gasteiger partial charge in [-0.2, -0.15) is 0 Å². The number of likely N-dealkylation sites (tertiary alicyclic amines) is 1. The molecule has 0 aromatic heterocycles. The first-order valence-electron chi connectivity index (χ1n) is 8.48. The Bertz CT molecular complexity index is 294. The van der Waals surface area contributed by atoms with Crippen LogP contribution in [-0.4, -0.2) is 36.1 Å². The van der Waals surface area contributed by atoms with Crippen molar-refractivity contribution in [2.75, 3.05) is 13.1 Å². The van der Waals surface area contributed by atoms with E-state index < -0.39 is 0 Å². The van der Waals surface area contributed by atoms with Crippen molar-refractivity contribution in [3.05, 3.63) is 0 Å². The first-order chi connectivity index (χ1) is 9.66. The Morgan fingerprint density at radius 2 is 1.75 bits per heavy atom. The molecule has 2 atom stereocenters. The van der Waals surface area contributed by atoms with E-state index in [2.05, 4.69) is 5.32 Å². The number of rotatable bonds is 4. The van der Waals surface area contributed by atoms with Gasteiger partial charge in [0.05, 0.1) is 0 Å². The van der Waals surface area contributed by atoms with Gasteiger partial charge < -0.3 is 16.0 Å². The number of hydrogen-bond donors (Lipinski definition) is 2. The van der Waals surface area contributed by atoms with Crippen LogP contribution in [0.2, 0.25) is 0 Å². The van der Waals surface area contributed by atoms with Crippen molar-refractivity contribution in [1.82, 2.24) is 10.2 Å². The lowest BCUT2D eigenvalue weighted by Crippen LogP contribution is -2.52. The SMILES string of the molecule is C[C@@H](N)[C@@H](CC1CCCCC1)NC(=O)N1CCCCC1. The number of nitrogens with zero attached hydrogens (tertiary/aromatic N) is 1. The van der Waals surface area contributed by atoms with Crippen LogP contribution >= 0.6 is 0 Å². The van der Waals surface area contributed by atoms with E-state index in [1.54, 1.807) is 0 Å². The van der Waals surface area contributed by atoms with Crippen LogP contribution in [0.25, 0.3) is 0 Å². The highest BCUT2D eigenvalue weighted by Crippen LogP contribution is 2.27. The summed E-state index contributed by atoms with van der Waals surface area (Å²) in [6.45, 7) is 3.83. The minimum atomic E-state index is 0.0330. The predicted octanol–water partition coefficient (Wildman–Crippen LogP) is 2.87. The van der Waals surface area contributed by atoms with Gasteiger partial charge in [0.15, 0.2) is 0 Å². The number of nitrogens with one attached hydrogen (secondary N) is 1. The van der Waals surface area contributed by atoms with E-state index in [0.29, 0.717) is 0 Å². The van der Waals surface area contributed by atoms with Crippen LogP contribution in [0.1, 0.15) is 64.7 Å². The van der Waals surface area contributed by atoms with Crippen LogP contribution < -0.4 is 11.1 Å². The first-order valence-corrected chi connectivity index (χ1v) is 8.48. The highest BCUT2D eigenvalue weighted by atomic mass is 16.2. The highest BCUT2D eigenvalue weighted by molar-refractivity contribution is 5.74. The number of carbonyl (C=O) groups excluding carboxylic acids is 1. The molecule has 2 amide bonds. The summed E-state index contributed by atoms with van der Waals surface area (Å²) in [6, 6.07) is 0.265. The molecule has 0 unspecified atom stereocenters. The van der Waals surface area contributed by atoms with Gasteiger partial charge in [-0.25, -0.2) is 4.79 Å². The Morgan fingerprint density at radius 3 is 2.35 bits per heavy atom. The van der Waals surface area contributed by atoms with Crippen LogP contribution in [-0.2, 0) is 0 Å². The zero-order valence-electron chi connectivity index (χ0n) is 12.9. The van der Waals surface area contributed by atoms with Crippen molar-refractivity contribution in [2.45, 2.75) is 76.8 Å². The molecule has 1 saturated carbocycles. The molecular formula is C16H31N3O. The van der Waals surface area contributed by atoms with Gasteiger partial charge in [0.2, 0.25) is 0 Å². The minimum absolute atomic E-state index is 0.0330. The molecule has 2 rings (SSSR count). The lowest BCUT2D eigenvalue weighted by molar-refractivity contribution is 0.176. The van der Waals surface area contributed by atoms with Crippen molar-refractivity contribution < 1.29 is 4.79 Å². The normalized spacial score (nSPS) is 24.2. The number of hydrogen-bond acceptors (Lipinski definition) is 2. The number of urea groups is 1. The van der Waals surface area contributed by atoms with Gasteiger partial charge in [-0.05, 0) is 38.5 Å². The molecule has 4 heteroatoms. The Labute approximate surface area is 123 Å². The van der Waals surface area contributed by atoms with Crippen LogP contribution in [0.4, 0.5) is 4.79 Å². The van der Waals surface area contributed by atoms with Crippen LogP contribution in [0.3, 0.4) is 0 Å². The number of nitrogens with two attached hydrogens (primary N) is 1. The third-order valence-corrected chi connectivity index (χ3v) is 4.90. The summed E-state index contributed by atoms with van der Waals surface area (Å²) in [4.78, 5) is 14.3. The second-order valence-electron chi connectivity index (χ2n) is 6.70. The van der Waals surface area contributed by atoms with Gasteiger partial charge >= 0.3 is 6.03 Å². The average molecular weight is 281 g/mol. The molecule has 0 aromatic carbocycles. The van der Waals surface area contributed by atoms with E-state index in [1.807, 2.05) is 11.8 Å².